The summed E-state index contributed by atoms with van der Waals surface area (Å²) in [6, 6.07) is 2.83. The number of benzene rings is 1. The average molecular weight is 321 g/mol. The molecule has 21 heavy (non-hydrogen) atoms. The fourth-order valence-electron chi connectivity index (χ4n) is 2.36. The first-order chi connectivity index (χ1) is 9.79. The highest BCUT2D eigenvalue weighted by Crippen LogP contribution is 2.32. The molecular formula is C14H16ClF3N2O. The Hall–Kier alpha value is -1.27. The number of carbonyl (C=O) groups excluding carboxylic acids is 1. The third-order valence-corrected chi connectivity index (χ3v) is 3.91. The van der Waals surface area contributed by atoms with Gasteiger partial charge >= 0.3 is 6.18 Å². The number of hydrogen-bond donors (Lipinski definition) is 1. The largest absolute Gasteiger partial charge is 0.416 e. The van der Waals surface area contributed by atoms with Gasteiger partial charge < -0.3 is 10.6 Å². The summed E-state index contributed by atoms with van der Waals surface area (Å²) in [5, 5.41) is 0.0292. The summed E-state index contributed by atoms with van der Waals surface area (Å²) in [4.78, 5) is 13.9. The molecule has 1 aromatic carbocycles. The zero-order chi connectivity index (χ0) is 15.6. The first-order valence-corrected chi connectivity index (χ1v) is 7.08. The number of likely N-dealkylation sites (tertiary alicyclic amines) is 1. The van der Waals surface area contributed by atoms with Crippen molar-refractivity contribution in [2.75, 3.05) is 13.1 Å². The maximum absolute atomic E-state index is 12.7. The van der Waals surface area contributed by atoms with E-state index in [0.717, 1.165) is 31.0 Å². The summed E-state index contributed by atoms with van der Waals surface area (Å²) in [5.41, 5.74) is 4.85. The van der Waals surface area contributed by atoms with Crippen LogP contribution in [0.2, 0.25) is 5.02 Å². The second kappa shape index (κ2) is 6.23. The lowest BCUT2D eigenvalue weighted by atomic mass is 10.1. The molecule has 1 fully saturated rings. The summed E-state index contributed by atoms with van der Waals surface area (Å²) in [6.45, 7) is 0.922. The monoisotopic (exact) mass is 320 g/mol. The van der Waals surface area contributed by atoms with Crippen molar-refractivity contribution in [2.45, 2.75) is 31.5 Å². The molecule has 0 radical (unpaired) electrons. The van der Waals surface area contributed by atoms with Gasteiger partial charge in [-0.25, -0.2) is 0 Å². The molecule has 1 atom stereocenters. The minimum Gasteiger partial charge on any atom is -0.339 e. The lowest BCUT2D eigenvalue weighted by Crippen LogP contribution is -2.33. The number of halogens is 4. The van der Waals surface area contributed by atoms with Crippen molar-refractivity contribution >= 4 is 17.5 Å². The number of hydrogen-bond acceptors (Lipinski definition) is 2. The predicted octanol–water partition coefficient (Wildman–Crippen LogP) is 3.31. The predicted molar refractivity (Wildman–Crippen MR) is 74.2 cm³/mol. The molecule has 1 unspecified atom stereocenters. The van der Waals surface area contributed by atoms with Gasteiger partial charge in [0, 0.05) is 19.1 Å². The zero-order valence-corrected chi connectivity index (χ0v) is 12.0. The summed E-state index contributed by atoms with van der Waals surface area (Å²) in [5.74, 6) is -0.472. The van der Waals surface area contributed by atoms with Gasteiger partial charge in [-0.15, -0.1) is 0 Å². The van der Waals surface area contributed by atoms with Crippen LogP contribution in [-0.4, -0.2) is 29.9 Å². The number of amides is 1. The van der Waals surface area contributed by atoms with Crippen molar-refractivity contribution < 1.29 is 18.0 Å². The Balaban J connectivity index is 2.26. The van der Waals surface area contributed by atoms with Crippen molar-refractivity contribution in [3.63, 3.8) is 0 Å². The molecule has 2 N–H and O–H groups in total. The molecule has 1 saturated heterocycles. The van der Waals surface area contributed by atoms with Crippen LogP contribution in [0.25, 0.3) is 0 Å². The van der Waals surface area contributed by atoms with Crippen molar-refractivity contribution in [3.05, 3.63) is 34.3 Å². The minimum absolute atomic E-state index is 0.0276. The molecule has 0 saturated carbocycles. The number of rotatable bonds is 1. The number of carbonyl (C=O) groups is 1. The van der Waals surface area contributed by atoms with E-state index < -0.39 is 17.6 Å². The molecule has 1 aliphatic rings. The van der Waals surface area contributed by atoms with E-state index in [-0.39, 0.29) is 16.6 Å². The fraction of sp³-hybridized carbons (Fsp3) is 0.500. The zero-order valence-electron chi connectivity index (χ0n) is 11.3. The minimum atomic E-state index is -4.50. The third-order valence-electron chi connectivity index (χ3n) is 3.58. The Morgan fingerprint density at radius 3 is 2.67 bits per heavy atom. The number of nitrogens with zero attached hydrogens (tertiary/aromatic N) is 1. The van der Waals surface area contributed by atoms with Gasteiger partial charge in [0.2, 0.25) is 0 Å². The van der Waals surface area contributed by atoms with Gasteiger partial charge in [0.15, 0.2) is 0 Å². The SMILES string of the molecule is NC1CCCN(C(=O)c2cc(C(F)(F)F)ccc2Cl)CC1. The van der Waals surface area contributed by atoms with E-state index in [1.165, 1.54) is 4.90 Å². The van der Waals surface area contributed by atoms with Gasteiger partial charge in [0.25, 0.3) is 5.91 Å². The normalized spacial score (nSPS) is 20.2. The molecule has 2 rings (SSSR count). The summed E-state index contributed by atoms with van der Waals surface area (Å²) in [7, 11) is 0. The number of alkyl halides is 3. The molecule has 0 aromatic heterocycles. The van der Waals surface area contributed by atoms with Crippen molar-refractivity contribution in [3.8, 4) is 0 Å². The molecule has 0 spiro atoms. The molecule has 1 heterocycles. The first-order valence-electron chi connectivity index (χ1n) is 6.70. The summed E-state index contributed by atoms with van der Waals surface area (Å²) in [6.07, 6.45) is -2.31. The van der Waals surface area contributed by atoms with Crippen LogP contribution >= 0.6 is 11.6 Å². The molecule has 1 aromatic rings. The Kier molecular flexibility index (Phi) is 4.78. The highest BCUT2D eigenvalue weighted by molar-refractivity contribution is 6.33. The molecule has 1 amide bonds. The van der Waals surface area contributed by atoms with E-state index in [0.29, 0.717) is 19.5 Å². The van der Waals surface area contributed by atoms with Gasteiger partial charge in [0.1, 0.15) is 0 Å². The van der Waals surface area contributed by atoms with Gasteiger partial charge in [-0.3, -0.25) is 4.79 Å². The Morgan fingerprint density at radius 1 is 1.29 bits per heavy atom. The second-order valence-electron chi connectivity index (χ2n) is 5.18. The van der Waals surface area contributed by atoms with Gasteiger partial charge in [0.05, 0.1) is 16.1 Å². The van der Waals surface area contributed by atoms with E-state index in [1.54, 1.807) is 0 Å². The van der Waals surface area contributed by atoms with Crippen LogP contribution in [0.4, 0.5) is 13.2 Å². The average Bonchev–Trinajstić information content (AvgIpc) is 2.62. The highest BCUT2D eigenvalue weighted by Gasteiger charge is 2.32. The van der Waals surface area contributed by atoms with Crippen LogP contribution in [0.3, 0.4) is 0 Å². The Morgan fingerprint density at radius 2 is 2.00 bits per heavy atom. The molecule has 3 nitrogen and oxygen atoms in total. The lowest BCUT2D eigenvalue weighted by Gasteiger charge is -2.21. The summed E-state index contributed by atoms with van der Waals surface area (Å²) >= 11 is 5.89. The van der Waals surface area contributed by atoms with Gasteiger partial charge in [-0.1, -0.05) is 11.6 Å². The first kappa shape index (κ1) is 16.1. The Bertz CT molecular complexity index is 533. The van der Waals surface area contributed by atoms with Gasteiger partial charge in [-0.05, 0) is 37.5 Å². The standard InChI is InChI=1S/C14H16ClF3N2O/c15-12-4-3-9(14(16,17)18)8-11(12)13(21)20-6-1-2-10(19)5-7-20/h3-4,8,10H,1-2,5-7,19H2. The highest BCUT2D eigenvalue weighted by atomic mass is 35.5. The third kappa shape index (κ3) is 3.89. The molecule has 7 heteroatoms. The van der Waals surface area contributed by atoms with Crippen molar-refractivity contribution in [1.29, 1.82) is 0 Å². The second-order valence-corrected chi connectivity index (χ2v) is 5.58. The topological polar surface area (TPSA) is 46.3 Å². The summed E-state index contributed by atoms with van der Waals surface area (Å²) < 4.78 is 38.2. The van der Waals surface area contributed by atoms with Crippen LogP contribution in [0, 0.1) is 0 Å². The van der Waals surface area contributed by atoms with E-state index in [1.807, 2.05) is 0 Å². The lowest BCUT2D eigenvalue weighted by molar-refractivity contribution is -0.137. The van der Waals surface area contributed by atoms with Crippen molar-refractivity contribution in [2.24, 2.45) is 5.73 Å². The van der Waals surface area contributed by atoms with Crippen LogP contribution < -0.4 is 5.73 Å². The van der Waals surface area contributed by atoms with Crippen LogP contribution in [0.5, 0.6) is 0 Å². The van der Waals surface area contributed by atoms with E-state index in [4.69, 9.17) is 17.3 Å². The Labute approximate surface area is 125 Å². The van der Waals surface area contributed by atoms with Crippen LogP contribution in [0.15, 0.2) is 18.2 Å². The molecule has 0 aliphatic carbocycles. The van der Waals surface area contributed by atoms with Crippen LogP contribution in [0.1, 0.15) is 35.2 Å². The quantitative estimate of drug-likeness (QED) is 0.863. The maximum atomic E-state index is 12.7. The van der Waals surface area contributed by atoms with E-state index in [2.05, 4.69) is 0 Å². The van der Waals surface area contributed by atoms with Crippen molar-refractivity contribution in [1.82, 2.24) is 4.90 Å². The van der Waals surface area contributed by atoms with E-state index in [9.17, 15) is 18.0 Å². The smallest absolute Gasteiger partial charge is 0.339 e. The molecule has 116 valence electrons. The maximum Gasteiger partial charge on any atom is 0.416 e. The molecule has 1 aliphatic heterocycles. The fourth-order valence-corrected chi connectivity index (χ4v) is 2.56. The van der Waals surface area contributed by atoms with Gasteiger partial charge in [-0.2, -0.15) is 13.2 Å². The van der Waals surface area contributed by atoms with Crippen LogP contribution in [-0.2, 0) is 6.18 Å². The van der Waals surface area contributed by atoms with E-state index >= 15 is 0 Å². The number of nitrogens with two attached hydrogens (primary N) is 1. The molecular weight excluding hydrogens is 305 g/mol. The molecule has 0 bridgehead atoms.